The van der Waals surface area contributed by atoms with Crippen LogP contribution in [0.1, 0.15) is 46.7 Å². The molecule has 1 heterocycles. The van der Waals surface area contributed by atoms with Crippen molar-refractivity contribution in [3.8, 4) is 0 Å². The molecular formula is C16H14ClNO. The summed E-state index contributed by atoms with van der Waals surface area (Å²) in [4.78, 5) is 16.3. The van der Waals surface area contributed by atoms with Crippen LogP contribution in [0, 0.1) is 0 Å². The maximum absolute atomic E-state index is 12.4. The number of hydrogen-bond donors (Lipinski definition) is 0. The van der Waals surface area contributed by atoms with E-state index in [-0.39, 0.29) is 5.78 Å². The first-order chi connectivity index (χ1) is 9.24. The lowest BCUT2D eigenvalue weighted by Crippen LogP contribution is -2.10. The number of nitrogens with zero attached hydrogens (tertiary/aromatic N) is 1. The van der Waals surface area contributed by atoms with Gasteiger partial charge < -0.3 is 0 Å². The van der Waals surface area contributed by atoms with Gasteiger partial charge in [-0.3, -0.25) is 4.79 Å². The number of carbonyl (C=O) groups is 1. The summed E-state index contributed by atoms with van der Waals surface area (Å²) in [6, 6.07) is 11.3. The molecule has 0 N–H and O–H groups in total. The molecule has 0 unspecified atom stereocenters. The fourth-order valence-corrected chi connectivity index (χ4v) is 2.56. The molecule has 1 aromatic heterocycles. The summed E-state index contributed by atoms with van der Waals surface area (Å²) in [5.41, 5.74) is 2.59. The minimum absolute atomic E-state index is 0.00507. The van der Waals surface area contributed by atoms with Crippen molar-refractivity contribution in [3.63, 3.8) is 0 Å². The van der Waals surface area contributed by atoms with Crippen molar-refractivity contribution in [2.75, 3.05) is 0 Å². The highest BCUT2D eigenvalue weighted by Gasteiger charge is 2.20. The number of pyridine rings is 1. The Balaban J connectivity index is 1.91. The highest BCUT2D eigenvalue weighted by atomic mass is 35.5. The summed E-state index contributed by atoms with van der Waals surface area (Å²) < 4.78 is 0. The molecule has 2 aromatic rings. The zero-order valence-electron chi connectivity index (χ0n) is 10.5. The fourth-order valence-electron chi connectivity index (χ4n) is 2.39. The van der Waals surface area contributed by atoms with E-state index >= 15 is 0 Å². The molecule has 1 aliphatic rings. The molecule has 0 aliphatic heterocycles. The molecule has 3 rings (SSSR count). The second-order valence-electron chi connectivity index (χ2n) is 4.95. The van der Waals surface area contributed by atoms with E-state index in [4.69, 9.17) is 11.6 Å². The Morgan fingerprint density at radius 3 is 2.63 bits per heavy atom. The molecule has 1 aromatic carbocycles. The maximum Gasteiger partial charge on any atom is 0.193 e. The monoisotopic (exact) mass is 271 g/mol. The van der Waals surface area contributed by atoms with Crippen LogP contribution in [0.2, 0.25) is 5.15 Å². The standard InChI is InChI=1S/C16H14ClNO/c17-15-10-14(7-8-18-15)16(19)13-6-2-5-12(9-13)11-3-1-4-11/h2,5-11H,1,3-4H2. The highest BCUT2D eigenvalue weighted by Crippen LogP contribution is 2.36. The van der Waals surface area contributed by atoms with Gasteiger partial charge in [0, 0.05) is 17.3 Å². The van der Waals surface area contributed by atoms with Crippen LogP contribution in [-0.2, 0) is 0 Å². The topological polar surface area (TPSA) is 30.0 Å². The molecule has 0 saturated heterocycles. The summed E-state index contributed by atoms with van der Waals surface area (Å²) in [5, 5.41) is 0.348. The number of benzene rings is 1. The van der Waals surface area contributed by atoms with Gasteiger partial charge in [-0.25, -0.2) is 4.98 Å². The SMILES string of the molecule is O=C(c1cccc(C2CCC2)c1)c1ccnc(Cl)c1. The van der Waals surface area contributed by atoms with Crippen LogP contribution in [0.4, 0.5) is 0 Å². The second kappa shape index (κ2) is 5.14. The normalized spacial score (nSPS) is 15.0. The summed E-state index contributed by atoms with van der Waals surface area (Å²) in [5.74, 6) is 0.638. The third-order valence-electron chi connectivity index (χ3n) is 3.71. The van der Waals surface area contributed by atoms with Gasteiger partial charge in [-0.05, 0) is 42.5 Å². The van der Waals surface area contributed by atoms with Crippen LogP contribution in [0.3, 0.4) is 0 Å². The molecule has 19 heavy (non-hydrogen) atoms. The zero-order chi connectivity index (χ0) is 13.2. The molecule has 0 atom stereocenters. The maximum atomic E-state index is 12.4. The Morgan fingerprint density at radius 2 is 1.95 bits per heavy atom. The second-order valence-corrected chi connectivity index (χ2v) is 5.34. The van der Waals surface area contributed by atoms with Gasteiger partial charge in [0.2, 0.25) is 0 Å². The molecule has 0 bridgehead atoms. The Labute approximate surface area is 117 Å². The quantitative estimate of drug-likeness (QED) is 0.617. The van der Waals surface area contributed by atoms with Gasteiger partial charge in [0.1, 0.15) is 5.15 Å². The van der Waals surface area contributed by atoms with E-state index in [0.717, 1.165) is 5.56 Å². The number of carbonyl (C=O) groups excluding carboxylic acids is 1. The van der Waals surface area contributed by atoms with Crippen molar-refractivity contribution in [2.45, 2.75) is 25.2 Å². The van der Waals surface area contributed by atoms with Crippen LogP contribution < -0.4 is 0 Å². The van der Waals surface area contributed by atoms with E-state index in [2.05, 4.69) is 11.1 Å². The molecule has 2 nitrogen and oxygen atoms in total. The number of halogens is 1. The molecular weight excluding hydrogens is 258 g/mol. The summed E-state index contributed by atoms with van der Waals surface area (Å²) in [7, 11) is 0. The summed E-state index contributed by atoms with van der Waals surface area (Å²) in [6.45, 7) is 0. The Kier molecular flexibility index (Phi) is 3.34. The summed E-state index contributed by atoms with van der Waals surface area (Å²) in [6.07, 6.45) is 5.33. The molecule has 96 valence electrons. The minimum Gasteiger partial charge on any atom is -0.289 e. The largest absolute Gasteiger partial charge is 0.289 e. The van der Waals surface area contributed by atoms with E-state index in [1.807, 2.05) is 18.2 Å². The Hall–Kier alpha value is -1.67. The first-order valence-electron chi connectivity index (χ1n) is 6.50. The molecule has 0 amide bonds. The molecule has 1 aliphatic carbocycles. The van der Waals surface area contributed by atoms with Crippen LogP contribution >= 0.6 is 11.6 Å². The van der Waals surface area contributed by atoms with Crippen molar-refractivity contribution in [2.24, 2.45) is 0 Å². The van der Waals surface area contributed by atoms with Crippen molar-refractivity contribution in [1.29, 1.82) is 0 Å². The predicted octanol–water partition coefficient (Wildman–Crippen LogP) is 4.23. The highest BCUT2D eigenvalue weighted by molar-refractivity contribution is 6.29. The Morgan fingerprint density at radius 1 is 1.16 bits per heavy atom. The third-order valence-corrected chi connectivity index (χ3v) is 3.92. The van der Waals surface area contributed by atoms with Gasteiger partial charge in [-0.1, -0.05) is 36.2 Å². The lowest BCUT2D eigenvalue weighted by atomic mass is 9.79. The van der Waals surface area contributed by atoms with Crippen LogP contribution in [0.15, 0.2) is 42.6 Å². The molecule has 3 heteroatoms. The first kappa shape index (κ1) is 12.4. The van der Waals surface area contributed by atoms with E-state index in [1.54, 1.807) is 18.3 Å². The Bertz CT molecular complexity index is 620. The van der Waals surface area contributed by atoms with Gasteiger partial charge in [-0.2, -0.15) is 0 Å². The van der Waals surface area contributed by atoms with Crippen molar-refractivity contribution < 1.29 is 4.79 Å². The fraction of sp³-hybridized carbons (Fsp3) is 0.250. The lowest BCUT2D eigenvalue weighted by Gasteiger charge is -2.26. The van der Waals surface area contributed by atoms with Crippen molar-refractivity contribution in [3.05, 3.63) is 64.4 Å². The average molecular weight is 272 g/mol. The molecule has 1 saturated carbocycles. The number of aromatic nitrogens is 1. The van der Waals surface area contributed by atoms with E-state index in [9.17, 15) is 4.79 Å². The van der Waals surface area contributed by atoms with Gasteiger partial charge in [0.15, 0.2) is 5.78 Å². The predicted molar refractivity (Wildman–Crippen MR) is 75.7 cm³/mol. The number of ketones is 1. The average Bonchev–Trinajstić information content (AvgIpc) is 2.36. The van der Waals surface area contributed by atoms with E-state index in [1.165, 1.54) is 24.8 Å². The molecule has 1 fully saturated rings. The smallest absolute Gasteiger partial charge is 0.193 e. The zero-order valence-corrected chi connectivity index (χ0v) is 11.2. The molecule has 0 radical (unpaired) electrons. The van der Waals surface area contributed by atoms with Crippen molar-refractivity contribution in [1.82, 2.24) is 4.98 Å². The first-order valence-corrected chi connectivity index (χ1v) is 6.88. The van der Waals surface area contributed by atoms with Crippen LogP contribution in [0.5, 0.6) is 0 Å². The van der Waals surface area contributed by atoms with Gasteiger partial charge in [0.25, 0.3) is 0 Å². The number of hydrogen-bond acceptors (Lipinski definition) is 2. The van der Waals surface area contributed by atoms with Crippen molar-refractivity contribution >= 4 is 17.4 Å². The van der Waals surface area contributed by atoms with Gasteiger partial charge >= 0.3 is 0 Å². The molecule has 0 spiro atoms. The van der Waals surface area contributed by atoms with Gasteiger partial charge in [-0.15, -0.1) is 0 Å². The van der Waals surface area contributed by atoms with E-state index in [0.29, 0.717) is 16.6 Å². The van der Waals surface area contributed by atoms with E-state index < -0.39 is 0 Å². The lowest BCUT2D eigenvalue weighted by molar-refractivity contribution is 0.103. The van der Waals surface area contributed by atoms with Crippen LogP contribution in [0.25, 0.3) is 0 Å². The van der Waals surface area contributed by atoms with Gasteiger partial charge in [0.05, 0.1) is 0 Å². The number of rotatable bonds is 3. The van der Waals surface area contributed by atoms with Crippen LogP contribution in [-0.4, -0.2) is 10.8 Å². The summed E-state index contributed by atoms with van der Waals surface area (Å²) >= 11 is 5.83. The minimum atomic E-state index is 0.00507. The third kappa shape index (κ3) is 2.54.